The second-order valence-electron chi connectivity index (χ2n) is 4.85. The highest BCUT2D eigenvalue weighted by Gasteiger charge is 2.23. The number of hydrogen-bond acceptors (Lipinski definition) is 3. The Kier molecular flexibility index (Phi) is 4.69. The van der Waals surface area contributed by atoms with E-state index in [1.807, 2.05) is 13.1 Å². The third-order valence-corrected chi connectivity index (χ3v) is 3.54. The molecule has 1 aromatic carbocycles. The SMILES string of the molecule is CN(CC1CCCO1)C(CN)c1ccccc1F. The van der Waals surface area contributed by atoms with E-state index in [1.165, 1.54) is 6.07 Å². The highest BCUT2D eigenvalue weighted by Crippen LogP contribution is 2.23. The summed E-state index contributed by atoms with van der Waals surface area (Å²) >= 11 is 0. The standard InChI is InChI=1S/C14H21FN2O/c1-17(10-11-5-4-8-18-11)14(9-16)12-6-2-3-7-13(12)15/h2-3,6-7,11,14H,4-5,8-10,16H2,1H3. The van der Waals surface area contributed by atoms with Crippen LogP contribution in [0.1, 0.15) is 24.4 Å². The molecule has 1 aliphatic rings. The van der Waals surface area contributed by atoms with Gasteiger partial charge in [0, 0.05) is 31.3 Å². The van der Waals surface area contributed by atoms with Crippen LogP contribution in [0.15, 0.2) is 24.3 Å². The number of nitrogens with two attached hydrogens (primary N) is 1. The van der Waals surface area contributed by atoms with Crippen LogP contribution in [0.2, 0.25) is 0 Å². The third-order valence-electron chi connectivity index (χ3n) is 3.54. The van der Waals surface area contributed by atoms with E-state index >= 15 is 0 Å². The lowest BCUT2D eigenvalue weighted by atomic mass is 10.0. The van der Waals surface area contributed by atoms with Gasteiger partial charge in [-0.3, -0.25) is 4.90 Å². The van der Waals surface area contributed by atoms with E-state index in [0.29, 0.717) is 12.1 Å². The zero-order chi connectivity index (χ0) is 13.0. The Bertz CT molecular complexity index is 380. The molecule has 0 saturated carbocycles. The number of rotatable bonds is 5. The van der Waals surface area contributed by atoms with Crippen LogP contribution in [0.3, 0.4) is 0 Å². The number of hydrogen-bond donors (Lipinski definition) is 1. The van der Waals surface area contributed by atoms with Crippen molar-refractivity contribution >= 4 is 0 Å². The summed E-state index contributed by atoms with van der Waals surface area (Å²) in [6.07, 6.45) is 2.46. The van der Waals surface area contributed by atoms with Crippen LogP contribution in [0, 0.1) is 5.82 Å². The van der Waals surface area contributed by atoms with Crippen molar-refractivity contribution in [3.05, 3.63) is 35.6 Å². The molecule has 0 spiro atoms. The van der Waals surface area contributed by atoms with Crippen LogP contribution in [-0.4, -0.2) is 37.7 Å². The van der Waals surface area contributed by atoms with Crippen LogP contribution < -0.4 is 5.73 Å². The number of nitrogens with zero attached hydrogens (tertiary/aromatic N) is 1. The molecule has 0 aromatic heterocycles. The zero-order valence-electron chi connectivity index (χ0n) is 10.8. The molecule has 0 amide bonds. The molecule has 100 valence electrons. The average molecular weight is 252 g/mol. The predicted octanol–water partition coefficient (Wildman–Crippen LogP) is 1.94. The Morgan fingerprint density at radius 1 is 1.50 bits per heavy atom. The molecule has 1 aromatic rings. The summed E-state index contributed by atoms with van der Waals surface area (Å²) < 4.78 is 19.4. The smallest absolute Gasteiger partial charge is 0.128 e. The fraction of sp³-hybridized carbons (Fsp3) is 0.571. The summed E-state index contributed by atoms with van der Waals surface area (Å²) in [6.45, 7) is 2.05. The molecule has 1 heterocycles. The minimum atomic E-state index is -0.188. The number of benzene rings is 1. The fourth-order valence-electron chi connectivity index (χ4n) is 2.53. The lowest BCUT2D eigenvalue weighted by Crippen LogP contribution is -2.36. The van der Waals surface area contributed by atoms with Gasteiger partial charge in [-0.2, -0.15) is 0 Å². The molecule has 2 unspecified atom stereocenters. The van der Waals surface area contributed by atoms with E-state index in [0.717, 1.165) is 26.0 Å². The molecule has 4 heteroatoms. The lowest BCUT2D eigenvalue weighted by Gasteiger charge is -2.29. The van der Waals surface area contributed by atoms with Crippen molar-refractivity contribution in [3.8, 4) is 0 Å². The summed E-state index contributed by atoms with van der Waals surface area (Å²) in [6, 6.07) is 6.75. The summed E-state index contributed by atoms with van der Waals surface area (Å²) in [5.74, 6) is -0.188. The van der Waals surface area contributed by atoms with Crippen LogP contribution in [-0.2, 0) is 4.74 Å². The van der Waals surface area contributed by atoms with E-state index in [2.05, 4.69) is 4.90 Å². The first kappa shape index (κ1) is 13.5. The highest BCUT2D eigenvalue weighted by atomic mass is 19.1. The first-order valence-corrected chi connectivity index (χ1v) is 6.48. The lowest BCUT2D eigenvalue weighted by molar-refractivity contribution is 0.0684. The van der Waals surface area contributed by atoms with Crippen LogP contribution >= 0.6 is 0 Å². The Morgan fingerprint density at radius 2 is 2.28 bits per heavy atom. The minimum Gasteiger partial charge on any atom is -0.377 e. The van der Waals surface area contributed by atoms with Gasteiger partial charge in [0.15, 0.2) is 0 Å². The molecule has 0 radical (unpaired) electrons. The molecule has 2 rings (SSSR count). The van der Waals surface area contributed by atoms with Crippen molar-refractivity contribution < 1.29 is 9.13 Å². The Labute approximate surface area is 108 Å². The Balaban J connectivity index is 2.05. The zero-order valence-corrected chi connectivity index (χ0v) is 10.8. The van der Waals surface area contributed by atoms with Crippen LogP contribution in [0.5, 0.6) is 0 Å². The second kappa shape index (κ2) is 6.27. The van der Waals surface area contributed by atoms with E-state index in [1.54, 1.807) is 12.1 Å². The molecule has 1 aliphatic heterocycles. The molecule has 0 aliphatic carbocycles. The Hall–Kier alpha value is -0.970. The van der Waals surface area contributed by atoms with Crippen molar-refractivity contribution in [3.63, 3.8) is 0 Å². The normalized spacial score (nSPS) is 21.4. The van der Waals surface area contributed by atoms with Gasteiger partial charge in [0.25, 0.3) is 0 Å². The van der Waals surface area contributed by atoms with Crippen molar-refractivity contribution in [1.82, 2.24) is 4.90 Å². The number of halogens is 1. The molecule has 1 saturated heterocycles. The van der Waals surface area contributed by atoms with Gasteiger partial charge >= 0.3 is 0 Å². The monoisotopic (exact) mass is 252 g/mol. The largest absolute Gasteiger partial charge is 0.377 e. The first-order chi connectivity index (χ1) is 8.72. The highest BCUT2D eigenvalue weighted by molar-refractivity contribution is 5.21. The van der Waals surface area contributed by atoms with E-state index in [-0.39, 0.29) is 18.0 Å². The molecular formula is C14H21FN2O. The topological polar surface area (TPSA) is 38.5 Å². The minimum absolute atomic E-state index is 0.0876. The number of ether oxygens (including phenoxy) is 1. The summed E-state index contributed by atoms with van der Waals surface area (Å²) in [7, 11) is 1.98. The van der Waals surface area contributed by atoms with Gasteiger partial charge < -0.3 is 10.5 Å². The maximum atomic E-state index is 13.8. The molecule has 1 fully saturated rings. The van der Waals surface area contributed by atoms with Gasteiger partial charge in [-0.25, -0.2) is 4.39 Å². The molecular weight excluding hydrogens is 231 g/mol. The Morgan fingerprint density at radius 3 is 2.89 bits per heavy atom. The van der Waals surface area contributed by atoms with Crippen LogP contribution in [0.4, 0.5) is 4.39 Å². The molecule has 18 heavy (non-hydrogen) atoms. The van der Waals surface area contributed by atoms with Crippen LogP contribution in [0.25, 0.3) is 0 Å². The molecule has 3 nitrogen and oxygen atoms in total. The van der Waals surface area contributed by atoms with Crippen molar-refractivity contribution in [2.24, 2.45) is 5.73 Å². The van der Waals surface area contributed by atoms with Gasteiger partial charge in [0.2, 0.25) is 0 Å². The van der Waals surface area contributed by atoms with Crippen molar-refractivity contribution in [2.75, 3.05) is 26.7 Å². The summed E-state index contributed by atoms with van der Waals surface area (Å²) in [5.41, 5.74) is 6.47. The molecule has 2 N–H and O–H groups in total. The molecule has 2 atom stereocenters. The summed E-state index contributed by atoms with van der Waals surface area (Å²) in [5, 5.41) is 0. The third kappa shape index (κ3) is 3.07. The summed E-state index contributed by atoms with van der Waals surface area (Å²) in [4.78, 5) is 2.09. The predicted molar refractivity (Wildman–Crippen MR) is 69.8 cm³/mol. The maximum absolute atomic E-state index is 13.8. The first-order valence-electron chi connectivity index (χ1n) is 6.48. The van der Waals surface area contributed by atoms with Crippen molar-refractivity contribution in [1.29, 1.82) is 0 Å². The van der Waals surface area contributed by atoms with Crippen molar-refractivity contribution in [2.45, 2.75) is 25.0 Å². The van der Waals surface area contributed by atoms with Gasteiger partial charge in [-0.15, -0.1) is 0 Å². The van der Waals surface area contributed by atoms with Gasteiger partial charge in [0.1, 0.15) is 5.82 Å². The fourth-order valence-corrected chi connectivity index (χ4v) is 2.53. The molecule has 0 bridgehead atoms. The number of likely N-dealkylation sites (N-methyl/N-ethyl adjacent to an activating group) is 1. The maximum Gasteiger partial charge on any atom is 0.128 e. The van der Waals surface area contributed by atoms with E-state index in [4.69, 9.17) is 10.5 Å². The average Bonchev–Trinajstić information content (AvgIpc) is 2.85. The van der Waals surface area contributed by atoms with Gasteiger partial charge in [-0.05, 0) is 26.0 Å². The van der Waals surface area contributed by atoms with E-state index in [9.17, 15) is 4.39 Å². The quantitative estimate of drug-likeness (QED) is 0.870. The second-order valence-corrected chi connectivity index (χ2v) is 4.85. The van der Waals surface area contributed by atoms with E-state index < -0.39 is 0 Å². The van der Waals surface area contributed by atoms with Gasteiger partial charge in [-0.1, -0.05) is 18.2 Å². The van der Waals surface area contributed by atoms with Gasteiger partial charge in [0.05, 0.1) is 6.10 Å².